The molecule has 0 saturated carbocycles. The van der Waals surface area contributed by atoms with Gasteiger partial charge in [0.25, 0.3) is 5.91 Å². The van der Waals surface area contributed by atoms with Gasteiger partial charge in [-0.25, -0.2) is 4.39 Å². The van der Waals surface area contributed by atoms with Crippen LogP contribution in [0, 0.1) is 5.82 Å². The largest absolute Gasteiger partial charge is 0.345 e. The van der Waals surface area contributed by atoms with Gasteiger partial charge in [-0.1, -0.05) is 36.4 Å². The lowest BCUT2D eigenvalue weighted by Crippen LogP contribution is -2.27. The molecule has 0 radical (unpaired) electrons. The van der Waals surface area contributed by atoms with E-state index in [4.69, 9.17) is 0 Å². The number of nitrogens with one attached hydrogen (secondary N) is 1. The Bertz CT molecular complexity index is 586. The average Bonchev–Trinajstić information content (AvgIpc) is 2.42. The molecule has 0 spiro atoms. The van der Waals surface area contributed by atoms with Crippen molar-refractivity contribution in [1.29, 1.82) is 0 Å². The van der Waals surface area contributed by atoms with Gasteiger partial charge in [0.2, 0.25) is 0 Å². The number of rotatable bonds is 3. The van der Waals surface area contributed by atoms with Gasteiger partial charge in [-0.05, 0) is 40.5 Å². The highest BCUT2D eigenvalue weighted by atomic mass is 79.9. The van der Waals surface area contributed by atoms with Crippen molar-refractivity contribution >= 4 is 21.8 Å². The molecule has 0 saturated heterocycles. The van der Waals surface area contributed by atoms with Gasteiger partial charge in [-0.3, -0.25) is 4.79 Å². The molecule has 2 nitrogen and oxygen atoms in total. The Hall–Kier alpha value is -1.68. The topological polar surface area (TPSA) is 29.1 Å². The van der Waals surface area contributed by atoms with Crippen LogP contribution in [0.3, 0.4) is 0 Å². The van der Waals surface area contributed by atoms with Crippen LogP contribution in [0.15, 0.2) is 53.0 Å². The first-order valence-corrected chi connectivity index (χ1v) is 6.68. The fourth-order valence-electron chi connectivity index (χ4n) is 1.78. The van der Waals surface area contributed by atoms with Crippen LogP contribution in [0.25, 0.3) is 0 Å². The van der Waals surface area contributed by atoms with Crippen molar-refractivity contribution in [2.75, 3.05) is 0 Å². The first kappa shape index (κ1) is 13.7. The van der Waals surface area contributed by atoms with Crippen LogP contribution in [0.4, 0.5) is 4.39 Å². The lowest BCUT2D eigenvalue weighted by Gasteiger charge is -2.15. The lowest BCUT2D eigenvalue weighted by molar-refractivity contribution is 0.0938. The summed E-state index contributed by atoms with van der Waals surface area (Å²) in [5.74, 6) is -0.747. The van der Waals surface area contributed by atoms with Gasteiger partial charge in [0.05, 0.1) is 16.1 Å². The van der Waals surface area contributed by atoms with E-state index in [1.807, 2.05) is 37.3 Å². The molecule has 2 aromatic rings. The number of halogens is 2. The zero-order chi connectivity index (χ0) is 13.8. The van der Waals surface area contributed by atoms with Crippen LogP contribution in [0.5, 0.6) is 0 Å². The SMILES string of the molecule is C[C@H](NC(=O)c1cccc(F)c1Br)c1ccccc1. The Balaban J connectivity index is 2.16. The molecule has 2 rings (SSSR count). The predicted octanol–water partition coefficient (Wildman–Crippen LogP) is 4.08. The van der Waals surface area contributed by atoms with Gasteiger partial charge in [0.15, 0.2) is 0 Å². The zero-order valence-corrected chi connectivity index (χ0v) is 11.9. The number of benzene rings is 2. The Morgan fingerprint density at radius 1 is 1.16 bits per heavy atom. The van der Waals surface area contributed by atoms with E-state index < -0.39 is 5.82 Å². The molecule has 0 aliphatic carbocycles. The second-order valence-electron chi connectivity index (χ2n) is 4.21. The van der Waals surface area contributed by atoms with E-state index in [9.17, 15) is 9.18 Å². The fraction of sp³-hybridized carbons (Fsp3) is 0.133. The summed E-state index contributed by atoms with van der Waals surface area (Å²) in [6.07, 6.45) is 0. The van der Waals surface area contributed by atoms with Crippen molar-refractivity contribution in [2.24, 2.45) is 0 Å². The molecular weight excluding hydrogens is 309 g/mol. The van der Waals surface area contributed by atoms with Crippen LogP contribution in [0.1, 0.15) is 28.9 Å². The second kappa shape index (κ2) is 5.97. The minimum atomic E-state index is -0.444. The lowest BCUT2D eigenvalue weighted by atomic mass is 10.1. The van der Waals surface area contributed by atoms with E-state index in [2.05, 4.69) is 21.2 Å². The van der Waals surface area contributed by atoms with Crippen LogP contribution in [-0.2, 0) is 0 Å². The summed E-state index contributed by atoms with van der Waals surface area (Å²) in [6, 6.07) is 13.9. The number of amides is 1. The minimum absolute atomic E-state index is 0.135. The summed E-state index contributed by atoms with van der Waals surface area (Å²) in [5.41, 5.74) is 1.30. The molecule has 0 aliphatic rings. The van der Waals surface area contributed by atoms with Gasteiger partial charge in [0, 0.05) is 0 Å². The highest BCUT2D eigenvalue weighted by Crippen LogP contribution is 2.21. The highest BCUT2D eigenvalue weighted by molar-refractivity contribution is 9.10. The summed E-state index contributed by atoms with van der Waals surface area (Å²) in [4.78, 5) is 12.1. The van der Waals surface area contributed by atoms with E-state index >= 15 is 0 Å². The smallest absolute Gasteiger partial charge is 0.253 e. The Kier molecular flexibility index (Phi) is 4.32. The molecule has 1 N–H and O–H groups in total. The van der Waals surface area contributed by atoms with Crippen molar-refractivity contribution in [1.82, 2.24) is 5.32 Å². The molecule has 0 aliphatic heterocycles. The van der Waals surface area contributed by atoms with Crippen LogP contribution in [-0.4, -0.2) is 5.91 Å². The van der Waals surface area contributed by atoms with Gasteiger partial charge in [-0.2, -0.15) is 0 Å². The Morgan fingerprint density at radius 2 is 1.84 bits per heavy atom. The van der Waals surface area contributed by atoms with Crippen molar-refractivity contribution in [3.05, 3.63) is 69.9 Å². The number of carbonyl (C=O) groups excluding carboxylic acids is 1. The van der Waals surface area contributed by atoms with E-state index in [-0.39, 0.29) is 16.4 Å². The number of hydrogen-bond acceptors (Lipinski definition) is 1. The van der Waals surface area contributed by atoms with Gasteiger partial charge >= 0.3 is 0 Å². The molecule has 0 fully saturated rings. The number of carbonyl (C=O) groups is 1. The molecule has 0 aromatic heterocycles. The van der Waals surface area contributed by atoms with Crippen LogP contribution in [0.2, 0.25) is 0 Å². The Labute approximate surface area is 119 Å². The van der Waals surface area contributed by atoms with E-state index in [1.165, 1.54) is 12.1 Å². The minimum Gasteiger partial charge on any atom is -0.345 e. The first-order valence-electron chi connectivity index (χ1n) is 5.89. The van der Waals surface area contributed by atoms with Crippen LogP contribution >= 0.6 is 15.9 Å². The normalized spacial score (nSPS) is 11.9. The molecule has 0 unspecified atom stereocenters. The average molecular weight is 322 g/mol. The van der Waals surface area contributed by atoms with Crippen molar-refractivity contribution in [2.45, 2.75) is 13.0 Å². The maximum Gasteiger partial charge on any atom is 0.253 e. The molecule has 0 bridgehead atoms. The van der Waals surface area contributed by atoms with Gasteiger partial charge < -0.3 is 5.32 Å². The zero-order valence-electron chi connectivity index (χ0n) is 10.4. The highest BCUT2D eigenvalue weighted by Gasteiger charge is 2.15. The molecule has 4 heteroatoms. The van der Waals surface area contributed by atoms with Gasteiger partial charge in [0.1, 0.15) is 5.82 Å². The molecular formula is C15H13BrFNO. The second-order valence-corrected chi connectivity index (χ2v) is 5.00. The first-order chi connectivity index (χ1) is 9.09. The third-order valence-electron chi connectivity index (χ3n) is 2.84. The Morgan fingerprint density at radius 3 is 2.53 bits per heavy atom. The molecule has 2 aromatic carbocycles. The summed E-state index contributed by atoms with van der Waals surface area (Å²) < 4.78 is 13.6. The number of hydrogen-bond donors (Lipinski definition) is 1. The predicted molar refractivity (Wildman–Crippen MR) is 76.4 cm³/mol. The quantitative estimate of drug-likeness (QED) is 0.906. The van der Waals surface area contributed by atoms with Crippen molar-refractivity contribution in [3.8, 4) is 0 Å². The molecule has 1 atom stereocenters. The fourth-order valence-corrected chi connectivity index (χ4v) is 2.22. The van der Waals surface area contributed by atoms with E-state index in [0.717, 1.165) is 5.56 Å². The third kappa shape index (κ3) is 3.20. The maximum absolute atomic E-state index is 13.4. The summed E-state index contributed by atoms with van der Waals surface area (Å²) in [5, 5.41) is 2.84. The van der Waals surface area contributed by atoms with Crippen molar-refractivity contribution in [3.63, 3.8) is 0 Å². The molecule has 0 heterocycles. The summed E-state index contributed by atoms with van der Waals surface area (Å²) >= 11 is 3.09. The van der Waals surface area contributed by atoms with Gasteiger partial charge in [-0.15, -0.1) is 0 Å². The molecule has 98 valence electrons. The summed E-state index contributed by atoms with van der Waals surface area (Å²) in [6.45, 7) is 1.89. The molecule has 19 heavy (non-hydrogen) atoms. The van der Waals surface area contributed by atoms with Crippen molar-refractivity contribution < 1.29 is 9.18 Å². The maximum atomic E-state index is 13.4. The summed E-state index contributed by atoms with van der Waals surface area (Å²) in [7, 11) is 0. The monoisotopic (exact) mass is 321 g/mol. The van der Waals surface area contributed by atoms with Crippen LogP contribution < -0.4 is 5.32 Å². The molecule has 1 amide bonds. The standard InChI is InChI=1S/C15H13BrFNO/c1-10(11-6-3-2-4-7-11)18-15(19)12-8-5-9-13(17)14(12)16/h2-10H,1H3,(H,18,19)/t10-/m0/s1. The van der Waals surface area contributed by atoms with E-state index in [0.29, 0.717) is 5.56 Å². The van der Waals surface area contributed by atoms with E-state index in [1.54, 1.807) is 6.07 Å². The third-order valence-corrected chi connectivity index (χ3v) is 3.65.